The van der Waals surface area contributed by atoms with Crippen molar-refractivity contribution in [3.05, 3.63) is 58.9 Å². The van der Waals surface area contributed by atoms with Gasteiger partial charge in [0.25, 0.3) is 0 Å². The fourth-order valence-corrected chi connectivity index (χ4v) is 2.51. The van der Waals surface area contributed by atoms with Crippen LogP contribution in [0.3, 0.4) is 0 Å². The summed E-state index contributed by atoms with van der Waals surface area (Å²) in [6, 6.07) is 11.4. The number of hydrogen-bond acceptors (Lipinski definition) is 2. The second kappa shape index (κ2) is 5.43. The van der Waals surface area contributed by atoms with Gasteiger partial charge in [0.05, 0.1) is 0 Å². The molecule has 0 saturated carbocycles. The SMILES string of the molecule is Oc1cccc(SCc2cc(Cl)ccc2F)c1. The number of thioether (sulfide) groups is 1. The Morgan fingerprint density at radius 1 is 1.18 bits per heavy atom. The number of benzene rings is 2. The maximum absolute atomic E-state index is 13.4. The maximum atomic E-state index is 13.4. The molecule has 0 aliphatic rings. The van der Waals surface area contributed by atoms with Crippen LogP contribution in [0.5, 0.6) is 5.75 Å². The van der Waals surface area contributed by atoms with Crippen molar-refractivity contribution in [2.45, 2.75) is 10.6 Å². The van der Waals surface area contributed by atoms with Crippen LogP contribution < -0.4 is 0 Å². The van der Waals surface area contributed by atoms with Gasteiger partial charge in [0.15, 0.2) is 0 Å². The van der Waals surface area contributed by atoms with Crippen LogP contribution in [-0.4, -0.2) is 5.11 Å². The minimum absolute atomic E-state index is 0.210. The van der Waals surface area contributed by atoms with E-state index in [4.69, 9.17) is 11.6 Å². The molecule has 0 unspecified atom stereocenters. The lowest BCUT2D eigenvalue weighted by molar-refractivity contribution is 0.474. The first-order valence-corrected chi connectivity index (χ1v) is 6.37. The molecule has 2 aromatic rings. The largest absolute Gasteiger partial charge is 0.508 e. The van der Waals surface area contributed by atoms with E-state index in [9.17, 15) is 9.50 Å². The molecule has 0 aliphatic carbocycles. The molecular weight excluding hydrogens is 259 g/mol. The van der Waals surface area contributed by atoms with Crippen LogP contribution in [0, 0.1) is 5.82 Å². The Kier molecular flexibility index (Phi) is 3.92. The number of hydrogen-bond donors (Lipinski definition) is 1. The summed E-state index contributed by atoms with van der Waals surface area (Å²) < 4.78 is 13.4. The Morgan fingerprint density at radius 3 is 2.76 bits per heavy atom. The van der Waals surface area contributed by atoms with Gasteiger partial charge in [0, 0.05) is 15.7 Å². The summed E-state index contributed by atoms with van der Waals surface area (Å²) in [5, 5.41) is 9.83. The van der Waals surface area contributed by atoms with Gasteiger partial charge >= 0.3 is 0 Å². The second-order valence-electron chi connectivity index (χ2n) is 3.52. The zero-order valence-corrected chi connectivity index (χ0v) is 10.4. The van der Waals surface area contributed by atoms with Crippen molar-refractivity contribution < 1.29 is 9.50 Å². The first-order chi connectivity index (χ1) is 8.15. The van der Waals surface area contributed by atoms with Gasteiger partial charge in [0.2, 0.25) is 0 Å². The molecular formula is C13H10ClFOS. The average molecular weight is 269 g/mol. The molecule has 88 valence electrons. The van der Waals surface area contributed by atoms with E-state index in [0.29, 0.717) is 16.3 Å². The van der Waals surface area contributed by atoms with Gasteiger partial charge in [-0.3, -0.25) is 0 Å². The van der Waals surface area contributed by atoms with Crippen LogP contribution >= 0.6 is 23.4 Å². The first-order valence-electron chi connectivity index (χ1n) is 5.01. The van der Waals surface area contributed by atoms with Crippen molar-refractivity contribution in [2.24, 2.45) is 0 Å². The lowest BCUT2D eigenvalue weighted by Gasteiger charge is -2.04. The van der Waals surface area contributed by atoms with Crippen molar-refractivity contribution in [1.29, 1.82) is 0 Å². The minimum Gasteiger partial charge on any atom is -0.508 e. The van der Waals surface area contributed by atoms with Gasteiger partial charge in [-0.05, 0) is 42.0 Å². The lowest BCUT2D eigenvalue weighted by atomic mass is 10.2. The van der Waals surface area contributed by atoms with Crippen LogP contribution in [0.15, 0.2) is 47.4 Å². The fraction of sp³-hybridized carbons (Fsp3) is 0.0769. The molecule has 0 atom stereocenters. The molecule has 0 heterocycles. The minimum atomic E-state index is -0.262. The zero-order valence-electron chi connectivity index (χ0n) is 8.86. The predicted molar refractivity (Wildman–Crippen MR) is 69.1 cm³/mol. The molecule has 0 aliphatic heterocycles. The Labute approximate surface area is 108 Å². The van der Waals surface area contributed by atoms with Gasteiger partial charge in [-0.25, -0.2) is 4.39 Å². The van der Waals surface area contributed by atoms with E-state index in [1.165, 1.54) is 23.9 Å². The van der Waals surface area contributed by atoms with E-state index >= 15 is 0 Å². The third-order valence-electron chi connectivity index (χ3n) is 2.22. The zero-order chi connectivity index (χ0) is 12.3. The molecule has 0 fully saturated rings. The van der Waals surface area contributed by atoms with E-state index in [0.717, 1.165) is 4.90 Å². The molecule has 0 amide bonds. The summed E-state index contributed by atoms with van der Waals surface area (Å²) in [5.41, 5.74) is 0.561. The van der Waals surface area contributed by atoms with Crippen LogP contribution in [0.2, 0.25) is 5.02 Å². The molecule has 2 rings (SSSR count). The van der Waals surface area contributed by atoms with E-state index in [2.05, 4.69) is 0 Å². The Morgan fingerprint density at radius 2 is 2.00 bits per heavy atom. The summed E-state index contributed by atoms with van der Waals surface area (Å²) in [6.07, 6.45) is 0. The number of rotatable bonds is 3. The topological polar surface area (TPSA) is 20.2 Å². The molecule has 0 spiro atoms. The molecule has 0 saturated heterocycles. The number of phenols is 1. The molecule has 0 aromatic heterocycles. The smallest absolute Gasteiger partial charge is 0.127 e. The monoisotopic (exact) mass is 268 g/mol. The quantitative estimate of drug-likeness (QED) is 0.829. The standard InChI is InChI=1S/C13H10ClFOS/c14-10-4-5-13(15)9(6-10)8-17-12-3-1-2-11(16)7-12/h1-7,16H,8H2. The Hall–Kier alpha value is -1.19. The van der Waals surface area contributed by atoms with Crippen molar-refractivity contribution in [2.75, 3.05) is 0 Å². The van der Waals surface area contributed by atoms with Crippen molar-refractivity contribution in [3.63, 3.8) is 0 Å². The number of phenolic OH excluding ortho intramolecular Hbond substituents is 1. The first kappa shape index (κ1) is 12.3. The van der Waals surface area contributed by atoms with Crippen LogP contribution in [0.1, 0.15) is 5.56 Å². The molecule has 17 heavy (non-hydrogen) atoms. The van der Waals surface area contributed by atoms with Crippen LogP contribution in [0.25, 0.3) is 0 Å². The Balaban J connectivity index is 2.09. The highest BCUT2D eigenvalue weighted by molar-refractivity contribution is 7.98. The average Bonchev–Trinajstić information content (AvgIpc) is 2.30. The van der Waals surface area contributed by atoms with Gasteiger partial charge in [-0.1, -0.05) is 17.7 Å². The van der Waals surface area contributed by atoms with Crippen LogP contribution in [0.4, 0.5) is 4.39 Å². The van der Waals surface area contributed by atoms with E-state index < -0.39 is 0 Å². The summed E-state index contributed by atoms with van der Waals surface area (Å²) in [7, 11) is 0. The van der Waals surface area contributed by atoms with Gasteiger partial charge < -0.3 is 5.11 Å². The molecule has 2 aromatic carbocycles. The predicted octanol–water partition coefficient (Wildman–Crippen LogP) is 4.48. The maximum Gasteiger partial charge on any atom is 0.127 e. The molecule has 0 radical (unpaired) electrons. The molecule has 0 bridgehead atoms. The van der Waals surface area contributed by atoms with Crippen molar-refractivity contribution in [1.82, 2.24) is 0 Å². The van der Waals surface area contributed by atoms with Gasteiger partial charge in [0.1, 0.15) is 11.6 Å². The summed E-state index contributed by atoms with van der Waals surface area (Å²) in [6.45, 7) is 0. The number of aromatic hydroxyl groups is 1. The normalized spacial score (nSPS) is 10.5. The fourth-order valence-electron chi connectivity index (χ4n) is 1.39. The van der Waals surface area contributed by atoms with Crippen molar-refractivity contribution >= 4 is 23.4 Å². The van der Waals surface area contributed by atoms with E-state index in [1.807, 2.05) is 6.07 Å². The molecule has 4 heteroatoms. The summed E-state index contributed by atoms with van der Waals surface area (Å²) >= 11 is 7.26. The second-order valence-corrected chi connectivity index (χ2v) is 5.01. The van der Waals surface area contributed by atoms with Crippen LogP contribution in [-0.2, 0) is 5.75 Å². The van der Waals surface area contributed by atoms with E-state index in [-0.39, 0.29) is 11.6 Å². The third-order valence-corrected chi connectivity index (χ3v) is 3.50. The highest BCUT2D eigenvalue weighted by Gasteiger charge is 2.04. The third kappa shape index (κ3) is 3.38. The molecule has 1 nitrogen and oxygen atoms in total. The highest BCUT2D eigenvalue weighted by atomic mass is 35.5. The highest BCUT2D eigenvalue weighted by Crippen LogP contribution is 2.27. The Bertz CT molecular complexity index is 531. The van der Waals surface area contributed by atoms with Gasteiger partial charge in [-0.2, -0.15) is 0 Å². The van der Waals surface area contributed by atoms with Crippen molar-refractivity contribution in [3.8, 4) is 5.75 Å². The summed E-state index contributed by atoms with van der Waals surface area (Å²) in [4.78, 5) is 0.893. The van der Waals surface area contributed by atoms with E-state index in [1.54, 1.807) is 24.3 Å². The van der Waals surface area contributed by atoms with Gasteiger partial charge in [-0.15, -0.1) is 11.8 Å². The summed E-state index contributed by atoms with van der Waals surface area (Å²) in [5.74, 6) is 0.430. The number of halogens is 2. The molecule has 1 N–H and O–H groups in total. The lowest BCUT2D eigenvalue weighted by Crippen LogP contribution is -1.87.